The molecule has 0 spiro atoms. The fourth-order valence-electron chi connectivity index (χ4n) is 2.01. The summed E-state index contributed by atoms with van der Waals surface area (Å²) in [4.78, 5) is 12.9. The third kappa shape index (κ3) is 3.45. The van der Waals surface area contributed by atoms with Gasteiger partial charge in [0.05, 0.1) is 5.57 Å². The lowest BCUT2D eigenvalue weighted by atomic mass is 10.0. The molecule has 24 heavy (non-hydrogen) atoms. The number of nitrogens with zero attached hydrogens (tertiary/aromatic N) is 4. The van der Waals surface area contributed by atoms with Crippen molar-refractivity contribution >= 4 is 29.0 Å². The van der Waals surface area contributed by atoms with E-state index >= 15 is 0 Å². The molecule has 0 amide bonds. The lowest BCUT2D eigenvalue weighted by molar-refractivity contribution is -0.577. The summed E-state index contributed by atoms with van der Waals surface area (Å²) in [7, 11) is 0. The SMILES string of the molecule is N#CC(=C=[N-])/C(C#N)=C(/C(=O)c1ccc(Cl)cc1)[n+]1ccccc1. The minimum atomic E-state index is -0.498. The Morgan fingerprint density at radius 3 is 2.17 bits per heavy atom. The zero-order valence-corrected chi connectivity index (χ0v) is 13.0. The van der Waals surface area contributed by atoms with Crippen LogP contribution >= 0.6 is 11.6 Å². The molecule has 1 heterocycles. The van der Waals surface area contributed by atoms with Crippen LogP contribution in [0.5, 0.6) is 0 Å². The van der Waals surface area contributed by atoms with Crippen molar-refractivity contribution in [1.29, 1.82) is 10.5 Å². The second-order valence-corrected chi connectivity index (χ2v) is 4.99. The Morgan fingerprint density at radius 2 is 1.67 bits per heavy atom. The molecule has 1 aromatic carbocycles. The van der Waals surface area contributed by atoms with Gasteiger partial charge in [-0.3, -0.25) is 4.79 Å². The third-order valence-corrected chi connectivity index (χ3v) is 3.37. The first-order chi connectivity index (χ1) is 11.6. The first kappa shape index (κ1) is 16.9. The highest BCUT2D eigenvalue weighted by molar-refractivity contribution is 6.31. The van der Waals surface area contributed by atoms with Crippen molar-refractivity contribution in [2.24, 2.45) is 0 Å². The monoisotopic (exact) mass is 332 g/mol. The van der Waals surface area contributed by atoms with Crippen LogP contribution in [0.15, 0.2) is 66.0 Å². The van der Waals surface area contributed by atoms with Gasteiger partial charge in [0.1, 0.15) is 12.1 Å². The predicted molar refractivity (Wildman–Crippen MR) is 88.7 cm³/mol. The number of ketones is 1. The van der Waals surface area contributed by atoms with E-state index < -0.39 is 11.4 Å². The molecule has 0 saturated carbocycles. The van der Waals surface area contributed by atoms with Crippen molar-refractivity contribution in [3.8, 4) is 12.1 Å². The predicted octanol–water partition coefficient (Wildman–Crippen LogP) is 2.93. The number of aromatic nitrogens is 1. The number of rotatable bonds is 4. The number of carbonyl (C=O) groups is 1. The molecule has 2 aromatic rings. The molecule has 6 heteroatoms. The van der Waals surface area contributed by atoms with Crippen LogP contribution in [0.2, 0.25) is 5.02 Å². The Labute approximate surface area is 143 Å². The van der Waals surface area contributed by atoms with Gasteiger partial charge in [0.25, 0.3) is 11.5 Å². The van der Waals surface area contributed by atoms with Gasteiger partial charge in [-0.05, 0) is 24.3 Å². The van der Waals surface area contributed by atoms with E-state index in [1.165, 1.54) is 16.7 Å². The molecular formula is C18H9ClN4O. The molecular weight excluding hydrogens is 324 g/mol. The van der Waals surface area contributed by atoms with Gasteiger partial charge in [-0.1, -0.05) is 17.7 Å². The molecule has 114 valence electrons. The Morgan fingerprint density at radius 1 is 1.04 bits per heavy atom. The van der Waals surface area contributed by atoms with Crippen LogP contribution in [0.4, 0.5) is 0 Å². The van der Waals surface area contributed by atoms with Gasteiger partial charge >= 0.3 is 0 Å². The molecule has 0 aliphatic heterocycles. The van der Waals surface area contributed by atoms with Crippen LogP contribution in [-0.4, -0.2) is 11.7 Å². The summed E-state index contributed by atoms with van der Waals surface area (Å²) in [5, 5.41) is 28.0. The van der Waals surface area contributed by atoms with E-state index in [1.54, 1.807) is 60.7 Å². The zero-order valence-electron chi connectivity index (χ0n) is 12.3. The van der Waals surface area contributed by atoms with Gasteiger partial charge in [-0.2, -0.15) is 15.1 Å². The molecule has 1 aromatic heterocycles. The van der Waals surface area contributed by atoms with Crippen LogP contribution in [-0.2, 0) is 0 Å². The third-order valence-electron chi connectivity index (χ3n) is 3.12. The number of Topliss-reactive ketones (excluding diaryl/α,β-unsaturated/α-hetero) is 1. The number of halogens is 1. The molecule has 0 aliphatic carbocycles. The maximum Gasteiger partial charge on any atom is 0.278 e. The van der Waals surface area contributed by atoms with Crippen molar-refractivity contribution in [3.63, 3.8) is 0 Å². The van der Waals surface area contributed by atoms with Crippen LogP contribution in [0.25, 0.3) is 11.1 Å². The van der Waals surface area contributed by atoms with Crippen molar-refractivity contribution in [2.45, 2.75) is 0 Å². The number of nitriles is 2. The van der Waals surface area contributed by atoms with Gasteiger partial charge < -0.3 is 5.41 Å². The largest absolute Gasteiger partial charge is 0.762 e. The first-order valence-electron chi connectivity index (χ1n) is 6.71. The van der Waals surface area contributed by atoms with E-state index in [1.807, 2.05) is 0 Å². The topological polar surface area (TPSA) is 90.8 Å². The lowest BCUT2D eigenvalue weighted by Gasteiger charge is -2.04. The summed E-state index contributed by atoms with van der Waals surface area (Å²) in [6, 6.07) is 14.7. The Balaban J connectivity index is 2.76. The maximum atomic E-state index is 12.9. The van der Waals surface area contributed by atoms with E-state index in [9.17, 15) is 10.1 Å². The molecule has 0 radical (unpaired) electrons. The molecule has 5 nitrogen and oxygen atoms in total. The van der Waals surface area contributed by atoms with Crippen LogP contribution in [0.1, 0.15) is 10.4 Å². The van der Waals surface area contributed by atoms with Gasteiger partial charge in [0, 0.05) is 22.7 Å². The maximum absolute atomic E-state index is 12.9. The molecule has 0 saturated heterocycles. The van der Waals surface area contributed by atoms with Crippen LogP contribution in [0, 0.1) is 22.7 Å². The van der Waals surface area contributed by atoms with Crippen LogP contribution < -0.4 is 4.57 Å². The summed E-state index contributed by atoms with van der Waals surface area (Å²) >= 11 is 5.83. The van der Waals surface area contributed by atoms with E-state index in [0.717, 1.165) is 0 Å². The number of benzene rings is 1. The lowest BCUT2D eigenvalue weighted by Crippen LogP contribution is -2.37. The van der Waals surface area contributed by atoms with Crippen LogP contribution in [0.3, 0.4) is 0 Å². The number of pyridine rings is 1. The summed E-state index contributed by atoms with van der Waals surface area (Å²) < 4.78 is 1.41. The molecule has 0 unspecified atom stereocenters. The van der Waals surface area contributed by atoms with Gasteiger partial charge in [-0.15, -0.1) is 0 Å². The zero-order chi connectivity index (χ0) is 17.5. The fourth-order valence-corrected chi connectivity index (χ4v) is 2.14. The highest BCUT2D eigenvalue weighted by atomic mass is 35.5. The van der Waals surface area contributed by atoms with Gasteiger partial charge in [0.2, 0.25) is 0 Å². The highest BCUT2D eigenvalue weighted by Crippen LogP contribution is 2.18. The van der Waals surface area contributed by atoms with E-state index in [2.05, 4.69) is 0 Å². The van der Waals surface area contributed by atoms with E-state index in [4.69, 9.17) is 22.3 Å². The molecule has 0 N–H and O–H groups in total. The fraction of sp³-hybridized carbons (Fsp3) is 0. The number of hydrogen-bond donors (Lipinski definition) is 0. The van der Waals surface area contributed by atoms with Crippen molar-refractivity contribution in [2.75, 3.05) is 0 Å². The molecule has 0 bridgehead atoms. The Bertz CT molecular complexity index is 941. The summed E-state index contributed by atoms with van der Waals surface area (Å²) in [5.74, 6) is 1.16. The van der Waals surface area contributed by atoms with Gasteiger partial charge in [0.15, 0.2) is 18.0 Å². The van der Waals surface area contributed by atoms with Crippen molar-refractivity contribution < 1.29 is 9.36 Å². The average molecular weight is 333 g/mol. The molecule has 0 aliphatic rings. The van der Waals surface area contributed by atoms with Crippen molar-refractivity contribution in [1.82, 2.24) is 0 Å². The molecule has 0 atom stereocenters. The highest BCUT2D eigenvalue weighted by Gasteiger charge is 2.28. The quantitative estimate of drug-likeness (QED) is 0.215. The average Bonchev–Trinajstić information content (AvgIpc) is 2.63. The van der Waals surface area contributed by atoms with Crippen molar-refractivity contribution in [3.05, 3.63) is 82.0 Å². The number of allylic oxidation sites excluding steroid dienone is 3. The number of carbonyl (C=O) groups excluding carboxylic acids is 1. The van der Waals surface area contributed by atoms with E-state index in [0.29, 0.717) is 5.02 Å². The minimum absolute atomic E-state index is 0.0708. The second kappa shape index (κ2) is 7.67. The Hall–Kier alpha value is -3.50. The normalized spacial score (nSPS) is 10.6. The van der Waals surface area contributed by atoms with Gasteiger partial charge in [-0.25, -0.2) is 5.87 Å². The standard InChI is InChI=1S/C18H9ClN4O/c19-15-6-4-13(5-7-15)18(24)17(23-8-2-1-3-9-23)16(12-22)14(10-20)11-21/h1-9H/b17-16-. The summed E-state index contributed by atoms with van der Waals surface area (Å²) in [5.41, 5.74) is -0.491. The first-order valence-corrected chi connectivity index (χ1v) is 7.09. The molecule has 0 fully saturated rings. The Kier molecular flexibility index (Phi) is 5.39. The van der Waals surface area contributed by atoms with E-state index in [-0.39, 0.29) is 16.8 Å². The second-order valence-electron chi connectivity index (χ2n) is 4.55. The smallest absolute Gasteiger partial charge is 0.278 e. The number of hydrogen-bond acceptors (Lipinski definition) is 3. The minimum Gasteiger partial charge on any atom is -0.762 e. The molecule has 2 rings (SSSR count). The summed E-state index contributed by atoms with van der Waals surface area (Å²) in [6.07, 6.45) is 3.12. The summed E-state index contributed by atoms with van der Waals surface area (Å²) in [6.45, 7) is 0.